The van der Waals surface area contributed by atoms with Crippen LogP contribution in [0.25, 0.3) is 0 Å². The minimum atomic E-state index is -0.430. The maximum atomic E-state index is 11.0. The molecule has 1 aromatic heterocycles. The maximum absolute atomic E-state index is 11.0. The maximum Gasteiger partial charge on any atom is 0.310 e. The number of nitrogens with zero attached hydrogens (tertiary/aromatic N) is 2. The van der Waals surface area contributed by atoms with E-state index in [4.69, 9.17) is 9.47 Å². The Hall–Kier alpha value is -2.83. The molecule has 0 spiro atoms. The van der Waals surface area contributed by atoms with Crippen LogP contribution >= 0.6 is 0 Å². The average molecular weight is 329 g/mol. The number of hydrogen-bond donors (Lipinski definition) is 1. The standard InChI is InChI=1S/C17H19N3O4/c1-11-3-4-13(9-17(11)23-2)24-14-7-12(8-14)19-15-5-6-18-10-16(15)20(21)22/h3-6,9-10,12,14H,7-8H2,1-2H3,(H,18,19)/t12-,14-. The van der Waals surface area contributed by atoms with Crippen LogP contribution in [0.3, 0.4) is 0 Å². The van der Waals surface area contributed by atoms with E-state index in [2.05, 4.69) is 10.3 Å². The molecule has 2 aromatic rings. The van der Waals surface area contributed by atoms with Gasteiger partial charge in [0.2, 0.25) is 0 Å². The number of ether oxygens (including phenoxy) is 2. The van der Waals surface area contributed by atoms with Gasteiger partial charge in [-0.25, -0.2) is 0 Å². The van der Waals surface area contributed by atoms with Crippen LogP contribution in [-0.4, -0.2) is 29.2 Å². The fraction of sp³-hybridized carbons (Fsp3) is 0.353. The van der Waals surface area contributed by atoms with Gasteiger partial charge in [-0.2, -0.15) is 0 Å². The van der Waals surface area contributed by atoms with Crippen LogP contribution in [0.4, 0.5) is 11.4 Å². The highest BCUT2D eigenvalue weighted by atomic mass is 16.6. The molecule has 3 rings (SSSR count). The van der Waals surface area contributed by atoms with Crippen molar-refractivity contribution >= 4 is 11.4 Å². The lowest BCUT2D eigenvalue weighted by Crippen LogP contribution is -2.42. The van der Waals surface area contributed by atoms with Gasteiger partial charge in [-0.3, -0.25) is 15.1 Å². The molecule has 1 N–H and O–H groups in total. The molecule has 0 amide bonds. The monoisotopic (exact) mass is 329 g/mol. The van der Waals surface area contributed by atoms with Crippen molar-refractivity contribution < 1.29 is 14.4 Å². The molecule has 7 heteroatoms. The number of rotatable bonds is 6. The second-order valence-electron chi connectivity index (χ2n) is 5.83. The Morgan fingerprint density at radius 3 is 2.83 bits per heavy atom. The van der Waals surface area contributed by atoms with Crippen LogP contribution in [0.5, 0.6) is 11.5 Å². The summed E-state index contributed by atoms with van der Waals surface area (Å²) in [4.78, 5) is 14.4. The number of hydrogen-bond acceptors (Lipinski definition) is 6. The van der Waals surface area contributed by atoms with E-state index in [0.29, 0.717) is 5.69 Å². The molecule has 0 atom stereocenters. The summed E-state index contributed by atoms with van der Waals surface area (Å²) in [6.45, 7) is 1.98. The summed E-state index contributed by atoms with van der Waals surface area (Å²) in [7, 11) is 1.64. The number of anilines is 1. The Bertz CT molecular complexity index is 744. The normalized spacial score (nSPS) is 19.2. The summed E-state index contributed by atoms with van der Waals surface area (Å²) in [5.74, 6) is 1.57. The smallest absolute Gasteiger partial charge is 0.310 e. The van der Waals surface area contributed by atoms with E-state index >= 15 is 0 Å². The molecule has 1 saturated carbocycles. The summed E-state index contributed by atoms with van der Waals surface area (Å²) >= 11 is 0. The van der Waals surface area contributed by atoms with Gasteiger partial charge >= 0.3 is 5.69 Å². The highest BCUT2D eigenvalue weighted by molar-refractivity contribution is 5.60. The van der Waals surface area contributed by atoms with Crippen molar-refractivity contribution in [2.45, 2.75) is 31.9 Å². The topological polar surface area (TPSA) is 86.5 Å². The molecule has 1 aliphatic rings. The Kier molecular flexibility index (Phi) is 4.50. The third-order valence-electron chi connectivity index (χ3n) is 4.13. The third-order valence-corrected chi connectivity index (χ3v) is 4.13. The quantitative estimate of drug-likeness (QED) is 0.646. The van der Waals surface area contributed by atoms with E-state index in [0.717, 1.165) is 29.9 Å². The minimum absolute atomic E-state index is 0.00913. The predicted octanol–water partition coefficient (Wildman–Crippen LogP) is 3.33. The number of nitrogens with one attached hydrogen (secondary N) is 1. The molecule has 1 heterocycles. The molecule has 1 fully saturated rings. The van der Waals surface area contributed by atoms with Crippen molar-refractivity contribution in [1.82, 2.24) is 4.98 Å². The number of benzene rings is 1. The summed E-state index contributed by atoms with van der Waals surface area (Å²) < 4.78 is 11.2. The molecular formula is C17H19N3O4. The summed E-state index contributed by atoms with van der Waals surface area (Å²) in [6, 6.07) is 7.54. The Morgan fingerprint density at radius 1 is 1.33 bits per heavy atom. The summed E-state index contributed by atoms with van der Waals surface area (Å²) in [5.41, 5.74) is 1.54. The van der Waals surface area contributed by atoms with E-state index in [1.165, 1.54) is 6.20 Å². The first-order valence-corrected chi connectivity index (χ1v) is 7.73. The molecule has 7 nitrogen and oxygen atoms in total. The fourth-order valence-electron chi connectivity index (χ4n) is 2.72. The first-order chi connectivity index (χ1) is 11.6. The van der Waals surface area contributed by atoms with Crippen LogP contribution < -0.4 is 14.8 Å². The second-order valence-corrected chi connectivity index (χ2v) is 5.83. The fourth-order valence-corrected chi connectivity index (χ4v) is 2.72. The van der Waals surface area contributed by atoms with E-state index < -0.39 is 4.92 Å². The van der Waals surface area contributed by atoms with E-state index in [1.54, 1.807) is 19.4 Å². The van der Waals surface area contributed by atoms with Gasteiger partial charge in [-0.15, -0.1) is 0 Å². The van der Waals surface area contributed by atoms with Gasteiger partial charge in [0.25, 0.3) is 0 Å². The zero-order chi connectivity index (χ0) is 17.1. The molecule has 1 aromatic carbocycles. The molecule has 0 saturated heterocycles. The van der Waals surface area contributed by atoms with Gasteiger partial charge in [-0.1, -0.05) is 6.07 Å². The predicted molar refractivity (Wildman–Crippen MR) is 89.7 cm³/mol. The van der Waals surface area contributed by atoms with Gasteiger partial charge in [0, 0.05) is 31.1 Å². The first-order valence-electron chi connectivity index (χ1n) is 7.73. The van der Waals surface area contributed by atoms with Gasteiger partial charge in [0.15, 0.2) is 0 Å². The summed E-state index contributed by atoms with van der Waals surface area (Å²) in [6.07, 6.45) is 4.47. The lowest BCUT2D eigenvalue weighted by Gasteiger charge is -2.36. The largest absolute Gasteiger partial charge is 0.496 e. The lowest BCUT2D eigenvalue weighted by molar-refractivity contribution is -0.384. The van der Waals surface area contributed by atoms with Crippen LogP contribution in [0.2, 0.25) is 0 Å². The van der Waals surface area contributed by atoms with Crippen molar-refractivity contribution in [2.75, 3.05) is 12.4 Å². The van der Waals surface area contributed by atoms with E-state index in [-0.39, 0.29) is 17.8 Å². The van der Waals surface area contributed by atoms with Crippen molar-refractivity contribution in [1.29, 1.82) is 0 Å². The molecule has 126 valence electrons. The van der Waals surface area contributed by atoms with Crippen LogP contribution in [0, 0.1) is 17.0 Å². The average Bonchev–Trinajstić information content (AvgIpc) is 2.54. The van der Waals surface area contributed by atoms with Crippen molar-refractivity contribution in [3.05, 3.63) is 52.3 Å². The number of pyridine rings is 1. The minimum Gasteiger partial charge on any atom is -0.496 e. The Balaban J connectivity index is 1.56. The van der Waals surface area contributed by atoms with Gasteiger partial charge in [-0.05, 0) is 24.6 Å². The Morgan fingerprint density at radius 2 is 2.12 bits per heavy atom. The Labute approximate surface area is 139 Å². The molecule has 0 unspecified atom stereocenters. The van der Waals surface area contributed by atoms with Crippen LogP contribution in [0.15, 0.2) is 36.7 Å². The SMILES string of the molecule is COc1cc(O[C@H]2C[C@H](Nc3ccncc3[N+](=O)[O-])C2)ccc1C. The van der Waals surface area contributed by atoms with Crippen molar-refractivity contribution in [3.63, 3.8) is 0 Å². The van der Waals surface area contributed by atoms with Crippen molar-refractivity contribution in [2.24, 2.45) is 0 Å². The zero-order valence-corrected chi connectivity index (χ0v) is 13.6. The molecule has 24 heavy (non-hydrogen) atoms. The zero-order valence-electron chi connectivity index (χ0n) is 13.6. The molecular weight excluding hydrogens is 310 g/mol. The highest BCUT2D eigenvalue weighted by Gasteiger charge is 2.32. The first kappa shape index (κ1) is 16.0. The van der Waals surface area contributed by atoms with Gasteiger partial charge in [0.05, 0.1) is 12.0 Å². The number of aromatic nitrogens is 1. The number of aryl methyl sites for hydroxylation is 1. The van der Waals surface area contributed by atoms with Crippen LogP contribution in [-0.2, 0) is 0 Å². The number of methoxy groups -OCH3 is 1. The molecule has 1 aliphatic carbocycles. The number of nitro groups is 1. The third kappa shape index (κ3) is 3.40. The lowest BCUT2D eigenvalue weighted by atomic mass is 9.89. The molecule has 0 radical (unpaired) electrons. The van der Waals surface area contributed by atoms with E-state index in [9.17, 15) is 10.1 Å². The van der Waals surface area contributed by atoms with Crippen molar-refractivity contribution in [3.8, 4) is 11.5 Å². The van der Waals surface area contributed by atoms with Gasteiger partial charge in [0.1, 0.15) is 29.5 Å². The van der Waals surface area contributed by atoms with Crippen LogP contribution in [0.1, 0.15) is 18.4 Å². The molecule has 0 bridgehead atoms. The summed E-state index contributed by atoms with van der Waals surface area (Å²) in [5, 5.41) is 14.2. The molecule has 0 aliphatic heterocycles. The second kappa shape index (κ2) is 6.74. The highest BCUT2D eigenvalue weighted by Crippen LogP contribution is 2.33. The van der Waals surface area contributed by atoms with Gasteiger partial charge < -0.3 is 14.8 Å². The van der Waals surface area contributed by atoms with E-state index in [1.807, 2.05) is 25.1 Å².